The van der Waals surface area contributed by atoms with Gasteiger partial charge in [0, 0.05) is 16.5 Å². The normalized spacial score (nSPS) is 7.12. The molecule has 0 fully saturated rings. The second kappa shape index (κ2) is 4.78. The Hall–Kier alpha value is -0.366. The first-order valence-corrected chi connectivity index (χ1v) is 1.84. The third-order valence-corrected chi connectivity index (χ3v) is 0.400. The number of carbonyl (C=O) groups excluding carboxylic acids is 1. The van der Waals surface area contributed by atoms with Gasteiger partial charge in [-0.1, -0.05) is 0 Å². The summed E-state index contributed by atoms with van der Waals surface area (Å²) in [5.41, 5.74) is 0. The molecule has 0 aliphatic heterocycles. The number of carboxylic acids is 1. The molecule has 0 saturated heterocycles. The largest absolute Gasteiger partial charge is 0.481 e. The Morgan fingerprint density at radius 3 is 1.88 bits per heavy atom. The van der Waals surface area contributed by atoms with Crippen LogP contribution in [0.2, 0.25) is 0 Å². The Labute approximate surface area is 57.0 Å². The molecular weight excluding hydrogens is 155 g/mol. The average Bonchev–Trinajstić information content (AvgIpc) is 1.27. The molecule has 0 radical (unpaired) electrons. The summed E-state index contributed by atoms with van der Waals surface area (Å²) in [7, 11) is 0. The van der Waals surface area contributed by atoms with E-state index in [-0.39, 0.29) is 28.7 Å². The molecule has 0 heterocycles. The first-order chi connectivity index (χ1) is 3.13. The number of aliphatic carboxylic acids is 1. The fourth-order valence-corrected chi connectivity index (χ4v) is 0.213. The van der Waals surface area contributed by atoms with E-state index in [9.17, 15) is 9.59 Å². The first-order valence-electron chi connectivity index (χ1n) is 1.84. The third-order valence-electron chi connectivity index (χ3n) is 0.400. The monoisotopic (exact) mass is 160 g/mol. The van der Waals surface area contributed by atoms with Crippen molar-refractivity contribution in [1.82, 2.24) is 0 Å². The quantitative estimate of drug-likeness (QED) is 0.459. The molecule has 1 N–H and O–H groups in total. The first kappa shape index (κ1) is 10.6. The molecule has 0 rings (SSSR count). The van der Waals surface area contributed by atoms with E-state index in [0.717, 1.165) is 0 Å². The summed E-state index contributed by atoms with van der Waals surface area (Å²) in [6, 6.07) is 0. The summed E-state index contributed by atoms with van der Waals surface area (Å²) >= 11 is 0. The van der Waals surface area contributed by atoms with E-state index >= 15 is 0 Å². The molecule has 0 aromatic rings. The summed E-state index contributed by atoms with van der Waals surface area (Å²) in [4.78, 5) is 19.5. The SMILES string of the molecule is CC(=O)CC(=O)O.[Ni]. The molecule has 0 aromatic carbocycles. The zero-order valence-electron chi connectivity index (χ0n) is 4.29. The standard InChI is InChI=1S/C4H6O3.Ni/c1-3(5)2-4(6)7;/h2H2,1H3,(H,6,7);. The number of Topliss-reactive ketones (excluding diaryl/α,β-unsaturated/α-hetero) is 1. The van der Waals surface area contributed by atoms with Gasteiger partial charge < -0.3 is 5.11 Å². The Morgan fingerprint density at radius 1 is 1.50 bits per heavy atom. The van der Waals surface area contributed by atoms with Crippen LogP contribution in [-0.2, 0) is 26.1 Å². The van der Waals surface area contributed by atoms with Crippen LogP contribution < -0.4 is 0 Å². The zero-order chi connectivity index (χ0) is 5.86. The Kier molecular flexibility index (Phi) is 6.33. The van der Waals surface area contributed by atoms with Gasteiger partial charge in [0.1, 0.15) is 12.2 Å². The van der Waals surface area contributed by atoms with E-state index in [4.69, 9.17) is 5.11 Å². The minimum atomic E-state index is -1.06. The van der Waals surface area contributed by atoms with E-state index in [1.807, 2.05) is 0 Å². The van der Waals surface area contributed by atoms with Crippen LogP contribution in [0.5, 0.6) is 0 Å². The van der Waals surface area contributed by atoms with Crippen LogP contribution in [0.3, 0.4) is 0 Å². The summed E-state index contributed by atoms with van der Waals surface area (Å²) in [5, 5.41) is 7.86. The summed E-state index contributed by atoms with van der Waals surface area (Å²) < 4.78 is 0. The van der Waals surface area contributed by atoms with E-state index < -0.39 is 5.97 Å². The van der Waals surface area contributed by atoms with Crippen LogP contribution in [0.1, 0.15) is 13.3 Å². The summed E-state index contributed by atoms with van der Waals surface area (Å²) in [6.45, 7) is 1.24. The van der Waals surface area contributed by atoms with E-state index in [0.29, 0.717) is 0 Å². The maximum atomic E-state index is 9.87. The van der Waals surface area contributed by atoms with Crippen molar-refractivity contribution in [3.8, 4) is 0 Å². The molecule has 0 saturated carbocycles. The van der Waals surface area contributed by atoms with Gasteiger partial charge in [-0.05, 0) is 6.92 Å². The Morgan fingerprint density at radius 2 is 1.88 bits per heavy atom. The molecule has 0 unspecified atom stereocenters. The molecule has 0 atom stereocenters. The van der Waals surface area contributed by atoms with Gasteiger partial charge in [0.2, 0.25) is 0 Å². The molecule has 0 bridgehead atoms. The van der Waals surface area contributed by atoms with Crippen molar-refractivity contribution in [2.75, 3.05) is 0 Å². The molecule has 0 spiro atoms. The fraction of sp³-hybridized carbons (Fsp3) is 0.500. The predicted octanol–water partition coefficient (Wildman–Crippen LogP) is 0.0476. The maximum absolute atomic E-state index is 9.87. The van der Waals surface area contributed by atoms with Gasteiger partial charge >= 0.3 is 5.97 Å². The van der Waals surface area contributed by atoms with Gasteiger partial charge in [-0.15, -0.1) is 0 Å². The fourth-order valence-electron chi connectivity index (χ4n) is 0.213. The van der Waals surface area contributed by atoms with Gasteiger partial charge in [-0.3, -0.25) is 9.59 Å². The molecule has 0 aliphatic rings. The molecule has 50 valence electrons. The van der Waals surface area contributed by atoms with Crippen molar-refractivity contribution < 1.29 is 31.2 Å². The van der Waals surface area contributed by atoms with E-state index in [2.05, 4.69) is 0 Å². The minimum absolute atomic E-state index is 0. The van der Waals surface area contributed by atoms with Crippen LogP contribution in [0.4, 0.5) is 0 Å². The summed E-state index contributed by atoms with van der Waals surface area (Å²) in [6.07, 6.45) is -0.361. The van der Waals surface area contributed by atoms with Crippen molar-refractivity contribution in [2.24, 2.45) is 0 Å². The molecular formula is C4H6NiO3. The number of carboxylic acid groups (broad SMARTS) is 1. The van der Waals surface area contributed by atoms with E-state index in [1.54, 1.807) is 0 Å². The molecule has 0 aromatic heterocycles. The number of ketones is 1. The second-order valence-electron chi connectivity index (χ2n) is 1.27. The van der Waals surface area contributed by atoms with Crippen molar-refractivity contribution >= 4 is 11.8 Å². The average molecular weight is 161 g/mol. The van der Waals surface area contributed by atoms with Gasteiger partial charge in [0.15, 0.2) is 0 Å². The maximum Gasteiger partial charge on any atom is 0.310 e. The van der Waals surface area contributed by atoms with E-state index in [1.165, 1.54) is 6.92 Å². The number of hydrogen-bond donors (Lipinski definition) is 1. The van der Waals surface area contributed by atoms with Gasteiger partial charge in [-0.2, -0.15) is 0 Å². The predicted molar refractivity (Wildman–Crippen MR) is 22.9 cm³/mol. The van der Waals surface area contributed by atoms with Crippen molar-refractivity contribution in [3.63, 3.8) is 0 Å². The smallest absolute Gasteiger partial charge is 0.310 e. The topological polar surface area (TPSA) is 54.4 Å². The van der Waals surface area contributed by atoms with Crippen molar-refractivity contribution in [3.05, 3.63) is 0 Å². The van der Waals surface area contributed by atoms with Gasteiger partial charge in [-0.25, -0.2) is 0 Å². The second-order valence-corrected chi connectivity index (χ2v) is 1.27. The number of rotatable bonds is 2. The van der Waals surface area contributed by atoms with Crippen LogP contribution in [0.15, 0.2) is 0 Å². The Balaban J connectivity index is 0. The van der Waals surface area contributed by atoms with Crippen LogP contribution in [-0.4, -0.2) is 16.9 Å². The molecule has 3 nitrogen and oxygen atoms in total. The van der Waals surface area contributed by atoms with Gasteiger partial charge in [0.05, 0.1) is 0 Å². The van der Waals surface area contributed by atoms with Gasteiger partial charge in [0.25, 0.3) is 0 Å². The molecule has 8 heavy (non-hydrogen) atoms. The summed E-state index contributed by atoms with van der Waals surface area (Å²) in [5.74, 6) is -1.37. The number of hydrogen-bond acceptors (Lipinski definition) is 2. The van der Waals surface area contributed by atoms with Crippen molar-refractivity contribution in [1.29, 1.82) is 0 Å². The Bertz CT molecular complexity index is 87.5. The third kappa shape index (κ3) is 9.16. The minimum Gasteiger partial charge on any atom is -0.481 e. The number of carbonyl (C=O) groups is 2. The van der Waals surface area contributed by atoms with Crippen LogP contribution >= 0.6 is 0 Å². The van der Waals surface area contributed by atoms with Crippen LogP contribution in [0, 0.1) is 0 Å². The zero-order valence-corrected chi connectivity index (χ0v) is 5.27. The van der Waals surface area contributed by atoms with Crippen LogP contribution in [0.25, 0.3) is 0 Å². The van der Waals surface area contributed by atoms with Crippen molar-refractivity contribution in [2.45, 2.75) is 13.3 Å². The molecule has 4 heteroatoms. The molecule has 0 aliphatic carbocycles. The molecule has 0 amide bonds.